The van der Waals surface area contributed by atoms with Gasteiger partial charge in [0.05, 0.1) is 16.2 Å². The molecule has 32 heavy (non-hydrogen) atoms. The number of oxime groups is 1. The highest BCUT2D eigenvalue weighted by atomic mass is 32.2. The predicted octanol–water partition coefficient (Wildman–Crippen LogP) is 3.43. The SMILES string of the molecule is NCCNc1ccc(S(=O)(=O)N2CCC(=NOCc3cccc(C(F)(F)F)c3)CC2)cc1. The first-order chi connectivity index (χ1) is 15.2. The van der Waals surface area contributed by atoms with Gasteiger partial charge in [-0.2, -0.15) is 17.5 Å². The molecule has 3 N–H and O–H groups in total. The number of piperidine rings is 1. The Morgan fingerprint density at radius 3 is 2.41 bits per heavy atom. The summed E-state index contributed by atoms with van der Waals surface area (Å²) in [5.74, 6) is 0. The maximum atomic E-state index is 12.9. The molecule has 0 aliphatic carbocycles. The standard InChI is InChI=1S/C21H25F3N4O3S/c22-21(23,24)17-3-1-2-16(14-17)15-31-27-19-8-12-28(13-9-19)32(29,30)20-6-4-18(5-7-20)26-11-10-25/h1-7,14,26H,8-13,15,25H2. The molecule has 1 heterocycles. The summed E-state index contributed by atoms with van der Waals surface area (Å²) in [6, 6.07) is 11.4. The summed E-state index contributed by atoms with van der Waals surface area (Å²) >= 11 is 0. The van der Waals surface area contributed by atoms with Crippen molar-refractivity contribution < 1.29 is 26.4 Å². The molecule has 7 nitrogen and oxygen atoms in total. The van der Waals surface area contributed by atoms with Gasteiger partial charge in [-0.3, -0.25) is 0 Å². The number of halogens is 3. The average Bonchev–Trinajstić information content (AvgIpc) is 2.78. The molecule has 0 radical (unpaired) electrons. The van der Waals surface area contributed by atoms with Gasteiger partial charge in [-0.25, -0.2) is 8.42 Å². The van der Waals surface area contributed by atoms with Crippen molar-refractivity contribution in [3.63, 3.8) is 0 Å². The number of nitrogens with two attached hydrogens (primary N) is 1. The Bertz CT molecular complexity index is 1030. The molecule has 0 amide bonds. The minimum Gasteiger partial charge on any atom is -0.391 e. The molecule has 11 heteroatoms. The van der Waals surface area contributed by atoms with Gasteiger partial charge in [0.15, 0.2) is 0 Å². The van der Waals surface area contributed by atoms with Gasteiger partial charge in [0, 0.05) is 44.7 Å². The fraction of sp³-hybridized carbons (Fsp3) is 0.381. The third kappa shape index (κ3) is 6.21. The van der Waals surface area contributed by atoms with Gasteiger partial charge in [-0.15, -0.1) is 0 Å². The smallest absolute Gasteiger partial charge is 0.391 e. The molecule has 2 aromatic rings. The molecule has 0 atom stereocenters. The number of anilines is 1. The van der Waals surface area contributed by atoms with Crippen LogP contribution in [0.4, 0.5) is 18.9 Å². The van der Waals surface area contributed by atoms with Gasteiger partial charge in [0.25, 0.3) is 0 Å². The lowest BCUT2D eigenvalue weighted by atomic mass is 10.1. The van der Waals surface area contributed by atoms with E-state index in [0.29, 0.717) is 37.2 Å². The highest BCUT2D eigenvalue weighted by Crippen LogP contribution is 2.29. The van der Waals surface area contributed by atoms with Crippen molar-refractivity contribution in [3.8, 4) is 0 Å². The second-order valence-electron chi connectivity index (χ2n) is 7.27. The molecule has 3 rings (SSSR count). The van der Waals surface area contributed by atoms with Crippen LogP contribution < -0.4 is 11.1 Å². The van der Waals surface area contributed by atoms with Crippen LogP contribution in [0, 0.1) is 0 Å². The lowest BCUT2D eigenvalue weighted by molar-refractivity contribution is -0.137. The highest BCUT2D eigenvalue weighted by Gasteiger charge is 2.30. The zero-order chi connectivity index (χ0) is 23.2. The average molecular weight is 471 g/mol. The van der Waals surface area contributed by atoms with Crippen LogP contribution in [0.3, 0.4) is 0 Å². The third-order valence-electron chi connectivity index (χ3n) is 4.94. The number of hydrogen-bond acceptors (Lipinski definition) is 6. The normalized spacial score (nSPS) is 15.4. The van der Waals surface area contributed by atoms with Crippen LogP contribution in [0.1, 0.15) is 24.0 Å². The van der Waals surface area contributed by atoms with E-state index in [1.165, 1.54) is 16.4 Å². The second-order valence-corrected chi connectivity index (χ2v) is 9.21. The van der Waals surface area contributed by atoms with Gasteiger partial charge in [0.2, 0.25) is 10.0 Å². The number of alkyl halides is 3. The Hall–Kier alpha value is -2.63. The van der Waals surface area contributed by atoms with Crippen molar-refractivity contribution in [1.82, 2.24) is 4.31 Å². The minimum absolute atomic E-state index is 0.0972. The van der Waals surface area contributed by atoms with Crippen LogP contribution in [0.5, 0.6) is 0 Å². The highest BCUT2D eigenvalue weighted by molar-refractivity contribution is 7.89. The Morgan fingerprint density at radius 2 is 1.78 bits per heavy atom. The van der Waals surface area contributed by atoms with Crippen LogP contribution in [0.2, 0.25) is 0 Å². The van der Waals surface area contributed by atoms with E-state index in [1.807, 2.05) is 0 Å². The lowest BCUT2D eigenvalue weighted by Gasteiger charge is -2.26. The number of nitrogens with zero attached hydrogens (tertiary/aromatic N) is 2. The van der Waals surface area contributed by atoms with Gasteiger partial charge in [-0.1, -0.05) is 17.3 Å². The van der Waals surface area contributed by atoms with Crippen LogP contribution >= 0.6 is 0 Å². The number of benzene rings is 2. The van der Waals surface area contributed by atoms with Crippen molar-refractivity contribution >= 4 is 21.4 Å². The molecule has 1 fully saturated rings. The molecule has 1 aliphatic heterocycles. The number of rotatable bonds is 8. The van der Waals surface area contributed by atoms with E-state index in [9.17, 15) is 21.6 Å². The summed E-state index contributed by atoms with van der Waals surface area (Å²) in [4.78, 5) is 5.42. The maximum Gasteiger partial charge on any atom is 0.416 e. The molecule has 2 aromatic carbocycles. The van der Waals surface area contributed by atoms with Crippen LogP contribution in [-0.4, -0.2) is 44.6 Å². The number of nitrogens with one attached hydrogen (secondary N) is 1. The van der Waals surface area contributed by atoms with Gasteiger partial charge in [-0.05, 0) is 42.0 Å². The van der Waals surface area contributed by atoms with E-state index in [0.717, 1.165) is 17.8 Å². The molecule has 0 aromatic heterocycles. The number of sulfonamides is 1. The number of hydrogen-bond donors (Lipinski definition) is 2. The van der Waals surface area contributed by atoms with Crippen molar-refractivity contribution in [3.05, 3.63) is 59.7 Å². The first-order valence-corrected chi connectivity index (χ1v) is 11.5. The predicted molar refractivity (Wildman–Crippen MR) is 116 cm³/mol. The summed E-state index contributed by atoms with van der Waals surface area (Å²) in [5.41, 5.74) is 6.52. The fourth-order valence-corrected chi connectivity index (χ4v) is 4.66. The fourth-order valence-electron chi connectivity index (χ4n) is 3.22. The Balaban J connectivity index is 1.53. The minimum atomic E-state index is -4.42. The Labute approximate surface area is 185 Å². The molecular weight excluding hydrogens is 445 g/mol. The van der Waals surface area contributed by atoms with E-state index >= 15 is 0 Å². The van der Waals surface area contributed by atoms with E-state index in [1.54, 1.807) is 24.3 Å². The molecule has 174 valence electrons. The lowest BCUT2D eigenvalue weighted by Crippen LogP contribution is -2.38. The quantitative estimate of drug-likeness (QED) is 0.576. The van der Waals surface area contributed by atoms with Gasteiger partial charge < -0.3 is 15.9 Å². The zero-order valence-corrected chi connectivity index (χ0v) is 18.1. The molecule has 0 saturated carbocycles. The molecule has 0 bridgehead atoms. The van der Waals surface area contributed by atoms with Crippen molar-refractivity contribution in [2.24, 2.45) is 10.9 Å². The molecule has 1 aliphatic rings. The first kappa shape index (κ1) is 24.0. The van der Waals surface area contributed by atoms with Crippen molar-refractivity contribution in [2.75, 3.05) is 31.5 Å². The topological polar surface area (TPSA) is 97.0 Å². The van der Waals surface area contributed by atoms with Gasteiger partial charge >= 0.3 is 6.18 Å². The van der Waals surface area contributed by atoms with E-state index in [2.05, 4.69) is 10.5 Å². The largest absolute Gasteiger partial charge is 0.416 e. The summed E-state index contributed by atoms with van der Waals surface area (Å²) < 4.78 is 65.4. The van der Waals surface area contributed by atoms with Crippen molar-refractivity contribution in [1.29, 1.82) is 0 Å². The summed E-state index contributed by atoms with van der Waals surface area (Å²) in [7, 11) is -3.63. The Kier molecular flexibility index (Phi) is 7.75. The maximum absolute atomic E-state index is 12.9. The Morgan fingerprint density at radius 1 is 1.09 bits per heavy atom. The summed E-state index contributed by atoms with van der Waals surface area (Å²) in [6.45, 7) is 1.47. The van der Waals surface area contributed by atoms with E-state index in [-0.39, 0.29) is 24.6 Å². The van der Waals surface area contributed by atoms with Crippen LogP contribution in [-0.2, 0) is 27.6 Å². The first-order valence-electron chi connectivity index (χ1n) is 10.1. The molecule has 1 saturated heterocycles. The van der Waals surface area contributed by atoms with Crippen LogP contribution in [0.15, 0.2) is 58.6 Å². The van der Waals surface area contributed by atoms with Crippen molar-refractivity contribution in [2.45, 2.75) is 30.5 Å². The van der Waals surface area contributed by atoms with Gasteiger partial charge in [0.1, 0.15) is 6.61 Å². The summed E-state index contributed by atoms with van der Waals surface area (Å²) in [6.07, 6.45) is -3.64. The molecular formula is C21H25F3N4O3S. The van der Waals surface area contributed by atoms with Crippen LogP contribution in [0.25, 0.3) is 0 Å². The zero-order valence-electron chi connectivity index (χ0n) is 17.3. The molecule has 0 spiro atoms. The second kappa shape index (κ2) is 10.3. The monoisotopic (exact) mass is 470 g/mol. The third-order valence-corrected chi connectivity index (χ3v) is 6.86. The van der Waals surface area contributed by atoms with E-state index in [4.69, 9.17) is 10.6 Å². The van der Waals surface area contributed by atoms with E-state index < -0.39 is 21.8 Å². The molecule has 0 unspecified atom stereocenters. The summed E-state index contributed by atoms with van der Waals surface area (Å²) in [5, 5.41) is 7.08.